The zero-order valence-electron chi connectivity index (χ0n) is 17.0. The molecule has 0 saturated carbocycles. The summed E-state index contributed by atoms with van der Waals surface area (Å²) in [5.74, 6) is -0.647. The molecule has 0 aliphatic rings. The van der Waals surface area contributed by atoms with E-state index in [1.807, 2.05) is 0 Å². The van der Waals surface area contributed by atoms with E-state index in [9.17, 15) is 9.59 Å². The number of esters is 1. The highest BCUT2D eigenvalue weighted by Crippen LogP contribution is 2.29. The number of nitrogens with zero attached hydrogens (tertiary/aromatic N) is 1. The largest absolute Gasteiger partial charge is 0.495 e. The fourth-order valence-electron chi connectivity index (χ4n) is 2.82. The van der Waals surface area contributed by atoms with Crippen molar-refractivity contribution >= 4 is 29.2 Å². The van der Waals surface area contributed by atoms with Crippen molar-refractivity contribution in [1.29, 1.82) is 0 Å². The molecule has 31 heavy (non-hydrogen) atoms. The molecule has 0 bridgehead atoms. The lowest BCUT2D eigenvalue weighted by atomic mass is 10.1. The smallest absolute Gasteiger partial charge is 0.344 e. The van der Waals surface area contributed by atoms with Crippen molar-refractivity contribution in [3.05, 3.63) is 83.0 Å². The van der Waals surface area contributed by atoms with Gasteiger partial charge in [0.25, 0.3) is 5.91 Å². The fraction of sp³-hybridized carbons (Fsp3) is 0.174. The Morgan fingerprint density at radius 3 is 2.55 bits per heavy atom. The summed E-state index contributed by atoms with van der Waals surface area (Å²) in [6, 6.07) is 16.7. The Balaban J connectivity index is 1.86. The number of hydrogen-bond acceptors (Lipinski definition) is 6. The molecule has 3 aromatic rings. The van der Waals surface area contributed by atoms with Crippen molar-refractivity contribution < 1.29 is 23.8 Å². The molecule has 7 nitrogen and oxygen atoms in total. The number of carbonyl (C=O) groups excluding carboxylic acids is 2. The van der Waals surface area contributed by atoms with E-state index in [2.05, 4.69) is 10.3 Å². The predicted molar refractivity (Wildman–Crippen MR) is 117 cm³/mol. The first-order chi connectivity index (χ1) is 15.0. The van der Waals surface area contributed by atoms with E-state index in [1.165, 1.54) is 19.4 Å². The van der Waals surface area contributed by atoms with Gasteiger partial charge in [-0.05, 0) is 37.3 Å². The van der Waals surface area contributed by atoms with Crippen LogP contribution in [0, 0.1) is 0 Å². The molecule has 1 amide bonds. The second-order valence-electron chi connectivity index (χ2n) is 6.32. The lowest BCUT2D eigenvalue weighted by Crippen LogP contribution is -2.26. The van der Waals surface area contributed by atoms with Gasteiger partial charge in [-0.25, -0.2) is 9.78 Å². The summed E-state index contributed by atoms with van der Waals surface area (Å²) in [4.78, 5) is 30.0. The molecule has 0 aliphatic heterocycles. The van der Waals surface area contributed by atoms with Gasteiger partial charge in [-0.15, -0.1) is 0 Å². The van der Waals surface area contributed by atoms with Crippen LogP contribution in [0.4, 0.5) is 5.69 Å². The summed E-state index contributed by atoms with van der Waals surface area (Å²) in [6.45, 7) is 2.11. The average molecular weight is 441 g/mol. The molecule has 0 saturated heterocycles. The Hall–Kier alpha value is -3.58. The zero-order chi connectivity index (χ0) is 22.2. The van der Waals surface area contributed by atoms with Crippen LogP contribution >= 0.6 is 11.6 Å². The number of ether oxygens (including phenoxy) is 3. The molecule has 0 unspecified atom stereocenters. The summed E-state index contributed by atoms with van der Waals surface area (Å²) in [5.41, 5.74) is 1.07. The highest BCUT2D eigenvalue weighted by atomic mass is 35.5. The third-order valence-corrected chi connectivity index (χ3v) is 4.55. The average Bonchev–Trinajstić information content (AvgIpc) is 2.78. The minimum atomic E-state index is -1.20. The van der Waals surface area contributed by atoms with E-state index < -0.39 is 18.0 Å². The molecule has 0 spiro atoms. The third kappa shape index (κ3) is 5.52. The molecule has 0 aliphatic carbocycles. The van der Waals surface area contributed by atoms with Gasteiger partial charge in [-0.2, -0.15) is 0 Å². The van der Waals surface area contributed by atoms with Gasteiger partial charge in [-0.1, -0.05) is 41.9 Å². The van der Waals surface area contributed by atoms with Crippen molar-refractivity contribution in [2.24, 2.45) is 0 Å². The maximum Gasteiger partial charge on any atom is 0.344 e. The maximum atomic E-state index is 13.0. The zero-order valence-corrected chi connectivity index (χ0v) is 17.8. The van der Waals surface area contributed by atoms with Crippen LogP contribution in [-0.4, -0.2) is 30.6 Å². The molecule has 0 radical (unpaired) electrons. The molecular weight excluding hydrogens is 420 g/mol. The van der Waals surface area contributed by atoms with Crippen molar-refractivity contribution in [2.45, 2.75) is 13.0 Å². The van der Waals surface area contributed by atoms with Crippen LogP contribution in [0.1, 0.15) is 28.9 Å². The van der Waals surface area contributed by atoms with Crippen LogP contribution in [0.3, 0.4) is 0 Å². The number of carbonyl (C=O) groups is 2. The molecule has 1 aromatic heterocycles. The summed E-state index contributed by atoms with van der Waals surface area (Å²) in [6.07, 6.45) is 0.306. The predicted octanol–water partition coefficient (Wildman–Crippen LogP) is 4.68. The molecule has 2 aromatic carbocycles. The fourth-order valence-corrected chi connectivity index (χ4v) is 3.08. The van der Waals surface area contributed by atoms with Gasteiger partial charge in [0, 0.05) is 17.4 Å². The lowest BCUT2D eigenvalue weighted by Gasteiger charge is -2.19. The number of hydrogen-bond donors (Lipinski definition) is 1. The first kappa shape index (κ1) is 22.1. The molecular formula is C23H21ClN2O5. The molecule has 160 valence electrons. The summed E-state index contributed by atoms with van der Waals surface area (Å²) in [7, 11) is 1.50. The molecule has 1 atom stereocenters. The number of aromatic nitrogens is 1. The minimum Gasteiger partial charge on any atom is -0.495 e. The number of nitrogens with one attached hydrogen (secondary N) is 1. The van der Waals surface area contributed by atoms with Crippen LogP contribution in [0.15, 0.2) is 66.9 Å². The van der Waals surface area contributed by atoms with Gasteiger partial charge < -0.3 is 19.5 Å². The van der Waals surface area contributed by atoms with Gasteiger partial charge in [0.05, 0.1) is 18.7 Å². The van der Waals surface area contributed by atoms with E-state index in [1.54, 1.807) is 61.5 Å². The Morgan fingerprint density at radius 1 is 1.10 bits per heavy atom. The number of halogens is 1. The van der Waals surface area contributed by atoms with Crippen LogP contribution in [-0.2, 0) is 9.53 Å². The van der Waals surface area contributed by atoms with Gasteiger partial charge >= 0.3 is 5.97 Å². The standard InChI is InChI=1S/C23H21ClN2O5/c1-3-30-22-17(10-7-13-25-22)23(28)31-20(15-8-5-4-6-9-15)21(27)26-16-11-12-19(29-2)18(24)14-16/h4-14,20H,3H2,1-2H3,(H,26,27)/t20-/m0/s1. The van der Waals surface area contributed by atoms with E-state index in [0.717, 1.165) is 0 Å². The van der Waals surface area contributed by atoms with E-state index in [0.29, 0.717) is 28.6 Å². The van der Waals surface area contributed by atoms with Gasteiger partial charge in [0.15, 0.2) is 0 Å². The molecule has 0 fully saturated rings. The number of methoxy groups -OCH3 is 1. The number of rotatable bonds is 8. The highest BCUT2D eigenvalue weighted by Gasteiger charge is 2.27. The second-order valence-corrected chi connectivity index (χ2v) is 6.73. The summed E-state index contributed by atoms with van der Waals surface area (Å²) in [5, 5.41) is 3.06. The van der Waals surface area contributed by atoms with Crippen LogP contribution in [0.5, 0.6) is 11.6 Å². The molecule has 1 N–H and O–H groups in total. The Kier molecular flexibility index (Phi) is 7.45. The SMILES string of the molecule is CCOc1ncccc1C(=O)O[C@H](C(=O)Nc1ccc(OC)c(Cl)c1)c1ccccc1. The van der Waals surface area contributed by atoms with Crippen molar-refractivity contribution in [3.8, 4) is 11.6 Å². The number of amides is 1. The molecule has 3 rings (SSSR count). The third-order valence-electron chi connectivity index (χ3n) is 4.26. The maximum absolute atomic E-state index is 13.0. The van der Waals surface area contributed by atoms with Gasteiger partial charge in [-0.3, -0.25) is 4.79 Å². The first-order valence-corrected chi connectivity index (χ1v) is 9.89. The first-order valence-electron chi connectivity index (χ1n) is 9.51. The van der Waals surface area contributed by atoms with Crippen molar-refractivity contribution in [3.63, 3.8) is 0 Å². The van der Waals surface area contributed by atoms with E-state index in [-0.39, 0.29) is 11.4 Å². The number of pyridine rings is 1. The topological polar surface area (TPSA) is 86.8 Å². The van der Waals surface area contributed by atoms with E-state index >= 15 is 0 Å². The lowest BCUT2D eigenvalue weighted by molar-refractivity contribution is -0.125. The van der Waals surface area contributed by atoms with E-state index in [4.69, 9.17) is 25.8 Å². The van der Waals surface area contributed by atoms with Crippen LogP contribution < -0.4 is 14.8 Å². The highest BCUT2D eigenvalue weighted by molar-refractivity contribution is 6.32. The van der Waals surface area contributed by atoms with Crippen LogP contribution in [0.2, 0.25) is 5.02 Å². The molecule has 1 heterocycles. The molecule has 8 heteroatoms. The Bertz CT molecular complexity index is 1060. The summed E-state index contributed by atoms with van der Waals surface area (Å²) >= 11 is 6.14. The monoisotopic (exact) mass is 440 g/mol. The Morgan fingerprint density at radius 2 is 1.87 bits per heavy atom. The quantitative estimate of drug-likeness (QED) is 0.512. The van der Waals surface area contributed by atoms with Crippen LogP contribution in [0.25, 0.3) is 0 Å². The number of benzene rings is 2. The normalized spacial score (nSPS) is 11.3. The number of anilines is 1. The Labute approximate surface area is 184 Å². The second kappa shape index (κ2) is 10.4. The minimum absolute atomic E-state index is 0.130. The summed E-state index contributed by atoms with van der Waals surface area (Å²) < 4.78 is 16.1. The van der Waals surface area contributed by atoms with Gasteiger partial charge in [0.1, 0.15) is 11.3 Å². The van der Waals surface area contributed by atoms with Crippen molar-refractivity contribution in [1.82, 2.24) is 4.98 Å². The van der Waals surface area contributed by atoms with Crippen molar-refractivity contribution in [2.75, 3.05) is 19.0 Å². The van der Waals surface area contributed by atoms with Gasteiger partial charge in [0.2, 0.25) is 12.0 Å².